The number of hydrogen-bond donors (Lipinski definition) is 1. The van der Waals surface area contributed by atoms with E-state index in [4.69, 9.17) is 5.11 Å². The van der Waals surface area contributed by atoms with Crippen molar-refractivity contribution in [2.45, 2.75) is 98.5 Å². The van der Waals surface area contributed by atoms with Crippen molar-refractivity contribution in [1.82, 2.24) is 0 Å². The normalized spacial score (nSPS) is 48.9. The Bertz CT molecular complexity index is 502. The molecular weight excluding hydrogens is 308 g/mol. The summed E-state index contributed by atoms with van der Waals surface area (Å²) in [6.45, 7) is 10.8. The third kappa shape index (κ3) is 3.45. The Balaban J connectivity index is 0.000000444. The van der Waals surface area contributed by atoms with E-state index in [0.717, 1.165) is 24.2 Å². The summed E-state index contributed by atoms with van der Waals surface area (Å²) in [5.41, 5.74) is 1.14. The van der Waals surface area contributed by atoms with E-state index in [9.17, 15) is 4.79 Å². The van der Waals surface area contributed by atoms with E-state index >= 15 is 0 Å². The van der Waals surface area contributed by atoms with Crippen LogP contribution in [0.5, 0.6) is 0 Å². The number of ketones is 1. The molecule has 0 amide bonds. The van der Waals surface area contributed by atoms with Crippen LogP contribution in [-0.2, 0) is 4.79 Å². The zero-order valence-corrected chi connectivity index (χ0v) is 17.2. The number of Topliss-reactive ketones (excluding diaryl/α,β-unsaturated/α-hetero) is 1. The lowest BCUT2D eigenvalue weighted by Crippen LogP contribution is -2.54. The van der Waals surface area contributed by atoms with Gasteiger partial charge in [-0.05, 0) is 93.3 Å². The quantitative estimate of drug-likeness (QED) is 0.593. The summed E-state index contributed by atoms with van der Waals surface area (Å²) >= 11 is 0. The van der Waals surface area contributed by atoms with Gasteiger partial charge in [-0.1, -0.05) is 27.2 Å². The second kappa shape index (κ2) is 6.98. The van der Waals surface area contributed by atoms with Gasteiger partial charge in [-0.2, -0.15) is 0 Å². The van der Waals surface area contributed by atoms with Gasteiger partial charge in [0.1, 0.15) is 5.78 Å². The first-order valence-electron chi connectivity index (χ1n) is 10.9. The number of aliphatic hydroxyl groups is 1. The predicted molar refractivity (Wildman–Crippen MR) is 105 cm³/mol. The lowest BCUT2D eigenvalue weighted by Gasteiger charge is -2.60. The van der Waals surface area contributed by atoms with Gasteiger partial charge in [0.15, 0.2) is 0 Å². The minimum atomic E-state index is -0.167. The zero-order valence-electron chi connectivity index (χ0n) is 17.2. The molecule has 2 nitrogen and oxygen atoms in total. The molecule has 0 aromatic carbocycles. The van der Waals surface area contributed by atoms with Crippen LogP contribution in [0.2, 0.25) is 0 Å². The molecule has 4 aliphatic rings. The smallest absolute Gasteiger partial charge is 0.136 e. The summed E-state index contributed by atoms with van der Waals surface area (Å²) in [6, 6.07) is 0. The average molecular weight is 351 g/mol. The third-order valence-electron chi connectivity index (χ3n) is 8.59. The maximum atomic E-state index is 12.2. The van der Waals surface area contributed by atoms with Crippen LogP contribution in [0, 0.1) is 40.4 Å². The van der Waals surface area contributed by atoms with Gasteiger partial charge in [0, 0.05) is 19.9 Å². The second-order valence-corrected chi connectivity index (χ2v) is 10.6. The third-order valence-corrected chi connectivity index (χ3v) is 8.59. The summed E-state index contributed by atoms with van der Waals surface area (Å²) in [5, 5.41) is 8.06. The lowest BCUT2D eigenvalue weighted by atomic mass is 9.44. The standard InChI is InChI=1S/C20H32O.C3H8O.H2/c1-13-12-20(3)14(11-18(13)21)6-7-15-16-5-4-9-19(16,2)10-8-17(15)20;1-3(2)4;/h13-17H,4-12H2,1-3H3;3-4H,1-2H3;1H/t13-,14+,15?,16+,17+,19+,20+;;/m1../s1. The second-order valence-electron chi connectivity index (χ2n) is 10.6. The van der Waals surface area contributed by atoms with Gasteiger partial charge in [0.2, 0.25) is 0 Å². The molecule has 7 atom stereocenters. The van der Waals surface area contributed by atoms with Crippen LogP contribution in [0.3, 0.4) is 0 Å². The summed E-state index contributed by atoms with van der Waals surface area (Å²) in [4.78, 5) is 12.2. The van der Waals surface area contributed by atoms with Gasteiger partial charge in [-0.15, -0.1) is 0 Å². The van der Waals surface area contributed by atoms with Crippen LogP contribution in [-0.4, -0.2) is 17.0 Å². The van der Waals surface area contributed by atoms with E-state index in [1.165, 1.54) is 51.4 Å². The molecule has 0 aromatic heterocycles. The SMILES string of the molecule is CC(C)O.C[C@@H]1C[C@@]2(C)[C@@H](CCC3[C@@H]4CCC[C@@]4(C)CC[C@@H]32)CC1=O.[HH]. The minimum absolute atomic E-state index is 0. The van der Waals surface area contributed by atoms with Crippen molar-refractivity contribution >= 4 is 5.78 Å². The van der Waals surface area contributed by atoms with Crippen LogP contribution >= 0.6 is 0 Å². The Hall–Kier alpha value is -0.370. The van der Waals surface area contributed by atoms with Gasteiger partial charge in [-0.25, -0.2) is 0 Å². The number of rotatable bonds is 0. The molecule has 1 unspecified atom stereocenters. The van der Waals surface area contributed by atoms with Crippen molar-refractivity contribution in [2.24, 2.45) is 40.4 Å². The van der Waals surface area contributed by atoms with Gasteiger partial charge in [0.25, 0.3) is 0 Å². The van der Waals surface area contributed by atoms with Gasteiger partial charge >= 0.3 is 0 Å². The Morgan fingerprint density at radius 1 is 1.08 bits per heavy atom. The Morgan fingerprint density at radius 2 is 1.76 bits per heavy atom. The molecule has 0 bridgehead atoms. The van der Waals surface area contributed by atoms with Crippen LogP contribution < -0.4 is 0 Å². The molecule has 4 fully saturated rings. The first kappa shape index (κ1) is 19.4. The van der Waals surface area contributed by atoms with Gasteiger partial charge in [0.05, 0.1) is 0 Å². The van der Waals surface area contributed by atoms with Gasteiger partial charge < -0.3 is 5.11 Å². The molecule has 0 aliphatic heterocycles. The number of aliphatic hydroxyl groups excluding tert-OH is 1. The number of carbonyl (C=O) groups is 1. The fourth-order valence-electron chi connectivity index (χ4n) is 7.40. The molecule has 0 heterocycles. The molecule has 4 saturated carbocycles. The summed E-state index contributed by atoms with van der Waals surface area (Å²) < 4.78 is 0. The van der Waals surface area contributed by atoms with Crippen molar-refractivity contribution in [3.05, 3.63) is 0 Å². The maximum Gasteiger partial charge on any atom is 0.136 e. The Labute approximate surface area is 156 Å². The molecular formula is C23H42O2. The largest absolute Gasteiger partial charge is 0.394 e. The van der Waals surface area contributed by atoms with E-state index in [-0.39, 0.29) is 7.53 Å². The van der Waals surface area contributed by atoms with Crippen molar-refractivity contribution in [2.75, 3.05) is 0 Å². The van der Waals surface area contributed by atoms with E-state index in [1.54, 1.807) is 13.8 Å². The molecule has 4 aliphatic carbocycles. The maximum absolute atomic E-state index is 12.2. The monoisotopic (exact) mass is 350 g/mol. The van der Waals surface area contributed by atoms with E-state index in [0.29, 0.717) is 28.4 Å². The summed E-state index contributed by atoms with van der Waals surface area (Å²) in [5.74, 6) is 4.48. The summed E-state index contributed by atoms with van der Waals surface area (Å²) in [6.07, 6.45) is 12.0. The first-order valence-corrected chi connectivity index (χ1v) is 10.9. The number of hydrogen-bond acceptors (Lipinski definition) is 2. The molecule has 0 saturated heterocycles. The minimum Gasteiger partial charge on any atom is -0.394 e. The van der Waals surface area contributed by atoms with Crippen LogP contribution in [0.15, 0.2) is 0 Å². The highest BCUT2D eigenvalue weighted by Gasteiger charge is 2.58. The summed E-state index contributed by atoms with van der Waals surface area (Å²) in [7, 11) is 0. The topological polar surface area (TPSA) is 37.3 Å². The fraction of sp³-hybridized carbons (Fsp3) is 0.957. The van der Waals surface area contributed by atoms with E-state index in [2.05, 4.69) is 20.8 Å². The predicted octanol–water partition coefficient (Wildman–Crippen LogP) is 5.87. The highest BCUT2D eigenvalue weighted by atomic mass is 16.3. The fourth-order valence-corrected chi connectivity index (χ4v) is 7.40. The highest BCUT2D eigenvalue weighted by Crippen LogP contribution is 2.66. The number of fused-ring (bicyclic) bond motifs is 5. The molecule has 146 valence electrons. The molecule has 0 aromatic rings. The Kier molecular flexibility index (Phi) is 5.42. The molecule has 0 spiro atoms. The van der Waals surface area contributed by atoms with E-state index < -0.39 is 0 Å². The average Bonchev–Trinajstić information content (AvgIpc) is 2.90. The van der Waals surface area contributed by atoms with Crippen LogP contribution in [0.4, 0.5) is 0 Å². The zero-order chi connectivity index (χ0) is 18.4. The molecule has 1 N–H and O–H groups in total. The highest BCUT2D eigenvalue weighted by molar-refractivity contribution is 5.82. The van der Waals surface area contributed by atoms with Crippen LogP contribution in [0.1, 0.15) is 93.8 Å². The molecule has 0 radical (unpaired) electrons. The van der Waals surface area contributed by atoms with Crippen molar-refractivity contribution < 1.29 is 11.3 Å². The van der Waals surface area contributed by atoms with Gasteiger partial charge in [-0.3, -0.25) is 4.79 Å². The molecule has 2 heteroatoms. The van der Waals surface area contributed by atoms with Crippen LogP contribution in [0.25, 0.3) is 0 Å². The Morgan fingerprint density at radius 3 is 2.44 bits per heavy atom. The van der Waals surface area contributed by atoms with Crippen molar-refractivity contribution in [3.8, 4) is 0 Å². The molecule has 4 rings (SSSR count). The molecule has 25 heavy (non-hydrogen) atoms. The van der Waals surface area contributed by atoms with Crippen molar-refractivity contribution in [3.63, 3.8) is 0 Å². The van der Waals surface area contributed by atoms with E-state index in [1.807, 2.05) is 0 Å². The first-order chi connectivity index (χ1) is 11.7. The van der Waals surface area contributed by atoms with Crippen molar-refractivity contribution in [1.29, 1.82) is 0 Å². The number of carbonyl (C=O) groups excluding carboxylic acids is 1. The lowest BCUT2D eigenvalue weighted by molar-refractivity contribution is -0.144.